The van der Waals surface area contributed by atoms with E-state index < -0.39 is 5.97 Å². The van der Waals surface area contributed by atoms with Gasteiger partial charge in [0.05, 0.1) is 0 Å². The van der Waals surface area contributed by atoms with Crippen molar-refractivity contribution in [2.45, 2.75) is 27.2 Å². The fourth-order valence-electron chi connectivity index (χ4n) is 1.65. The molecule has 0 unspecified atom stereocenters. The van der Waals surface area contributed by atoms with Crippen LogP contribution in [0.5, 0.6) is 5.75 Å². The molecule has 0 amide bonds. The predicted molar refractivity (Wildman–Crippen MR) is 66.9 cm³/mol. The van der Waals surface area contributed by atoms with Crippen molar-refractivity contribution in [2.24, 2.45) is 0 Å². The Labute approximate surface area is 106 Å². The number of benzene rings is 1. The van der Waals surface area contributed by atoms with Crippen LogP contribution in [0.15, 0.2) is 12.1 Å². The van der Waals surface area contributed by atoms with E-state index in [9.17, 15) is 9.59 Å². The van der Waals surface area contributed by atoms with E-state index in [4.69, 9.17) is 16.3 Å². The summed E-state index contributed by atoms with van der Waals surface area (Å²) in [5, 5.41) is 0. The Bertz CT molecular complexity index is 452. The first kappa shape index (κ1) is 13.7. The molecule has 0 aromatic heterocycles. The number of esters is 1. The summed E-state index contributed by atoms with van der Waals surface area (Å²) < 4.78 is 5.12. The zero-order valence-corrected chi connectivity index (χ0v) is 10.9. The van der Waals surface area contributed by atoms with Crippen LogP contribution in [0.4, 0.5) is 0 Å². The minimum absolute atomic E-state index is 0.0362. The van der Waals surface area contributed by atoms with E-state index in [0.717, 1.165) is 5.56 Å². The van der Waals surface area contributed by atoms with E-state index in [1.54, 1.807) is 19.1 Å². The lowest BCUT2D eigenvalue weighted by Gasteiger charge is -2.12. The van der Waals surface area contributed by atoms with Crippen molar-refractivity contribution in [1.29, 1.82) is 0 Å². The van der Waals surface area contributed by atoms with E-state index in [-0.39, 0.29) is 18.1 Å². The van der Waals surface area contributed by atoms with E-state index in [2.05, 4.69) is 0 Å². The zero-order chi connectivity index (χ0) is 13.0. The van der Waals surface area contributed by atoms with Crippen LogP contribution >= 0.6 is 11.6 Å². The third-order valence-electron chi connectivity index (χ3n) is 2.47. The molecule has 0 saturated heterocycles. The zero-order valence-electron chi connectivity index (χ0n) is 10.2. The molecule has 92 valence electrons. The quantitative estimate of drug-likeness (QED) is 0.359. The fraction of sp³-hybridized carbons (Fsp3) is 0.385. The van der Waals surface area contributed by atoms with Crippen molar-refractivity contribution in [1.82, 2.24) is 0 Å². The molecule has 4 heteroatoms. The minimum atomic E-state index is -0.391. The summed E-state index contributed by atoms with van der Waals surface area (Å²) in [5.74, 6) is 0.330. The normalized spacial score (nSPS) is 10.1. The summed E-state index contributed by atoms with van der Waals surface area (Å²) >= 11 is 5.55. The van der Waals surface area contributed by atoms with E-state index in [0.29, 0.717) is 16.9 Å². The predicted octanol–water partition coefficient (Wildman–Crippen LogP) is 3.04. The Balaban J connectivity index is 3.18. The lowest BCUT2D eigenvalue weighted by molar-refractivity contribution is -0.131. The molecule has 0 aliphatic carbocycles. The highest BCUT2D eigenvalue weighted by Crippen LogP contribution is 2.27. The second-order valence-corrected chi connectivity index (χ2v) is 4.22. The van der Waals surface area contributed by atoms with Crippen molar-refractivity contribution in [3.05, 3.63) is 28.8 Å². The van der Waals surface area contributed by atoms with Crippen molar-refractivity contribution in [2.75, 3.05) is 5.88 Å². The van der Waals surface area contributed by atoms with Gasteiger partial charge >= 0.3 is 5.97 Å². The number of hydrogen-bond donors (Lipinski definition) is 0. The maximum absolute atomic E-state index is 11.8. The van der Waals surface area contributed by atoms with E-state index >= 15 is 0 Å². The van der Waals surface area contributed by atoms with Crippen molar-refractivity contribution in [3.63, 3.8) is 0 Å². The number of carbonyl (C=O) groups excluding carboxylic acids is 2. The number of ketones is 1. The summed E-state index contributed by atoms with van der Waals surface area (Å²) in [6.45, 7) is 4.94. The largest absolute Gasteiger partial charge is 0.426 e. The summed E-state index contributed by atoms with van der Waals surface area (Å²) in [6.07, 6.45) is 0.283. The van der Waals surface area contributed by atoms with Crippen LogP contribution in [0.25, 0.3) is 0 Å². The van der Waals surface area contributed by atoms with Crippen LogP contribution in [0.1, 0.15) is 34.8 Å². The molecule has 3 nitrogen and oxygen atoms in total. The number of halogens is 1. The standard InChI is InChI=1S/C13H15ClO3/c1-8-4-5-11(12(16)6-7-14)9(2)13(8)17-10(3)15/h4-5H,6-7H2,1-3H3. The van der Waals surface area contributed by atoms with E-state index in [1.807, 2.05) is 6.92 Å². The van der Waals surface area contributed by atoms with Gasteiger partial charge in [0.15, 0.2) is 5.78 Å². The van der Waals surface area contributed by atoms with Gasteiger partial charge in [-0.3, -0.25) is 9.59 Å². The molecule has 0 fully saturated rings. The van der Waals surface area contributed by atoms with Crippen LogP contribution in [0.3, 0.4) is 0 Å². The molecule has 0 radical (unpaired) electrons. The molecule has 0 heterocycles. The highest BCUT2D eigenvalue weighted by Gasteiger charge is 2.15. The molecule has 0 N–H and O–H groups in total. The molecular formula is C13H15ClO3. The fourth-order valence-corrected chi connectivity index (χ4v) is 1.82. The number of aryl methyl sites for hydroxylation is 1. The van der Waals surface area contributed by atoms with Gasteiger partial charge in [0.25, 0.3) is 0 Å². The van der Waals surface area contributed by atoms with Gasteiger partial charge in [0.2, 0.25) is 0 Å². The number of rotatable bonds is 4. The molecule has 0 aliphatic heterocycles. The van der Waals surface area contributed by atoms with Gasteiger partial charge in [-0.2, -0.15) is 0 Å². The monoisotopic (exact) mass is 254 g/mol. The molecule has 1 aromatic rings. The molecule has 1 aromatic carbocycles. The second-order valence-electron chi connectivity index (χ2n) is 3.84. The Morgan fingerprint density at radius 3 is 2.47 bits per heavy atom. The average molecular weight is 255 g/mol. The van der Waals surface area contributed by atoms with Gasteiger partial charge < -0.3 is 4.74 Å². The molecule has 0 bridgehead atoms. The van der Waals surface area contributed by atoms with Crippen LogP contribution in [0, 0.1) is 13.8 Å². The summed E-state index contributed by atoms with van der Waals surface area (Å²) in [6, 6.07) is 3.51. The SMILES string of the molecule is CC(=O)Oc1c(C)ccc(C(=O)CCCl)c1C. The first-order valence-electron chi connectivity index (χ1n) is 5.35. The Hall–Kier alpha value is -1.35. The third kappa shape index (κ3) is 3.30. The molecule has 0 atom stereocenters. The number of carbonyl (C=O) groups is 2. The van der Waals surface area contributed by atoms with Crippen molar-refractivity contribution < 1.29 is 14.3 Å². The van der Waals surface area contributed by atoms with Gasteiger partial charge in [-0.15, -0.1) is 11.6 Å². The van der Waals surface area contributed by atoms with Crippen molar-refractivity contribution >= 4 is 23.4 Å². The highest BCUT2D eigenvalue weighted by atomic mass is 35.5. The van der Waals surface area contributed by atoms with Crippen LogP contribution in [-0.2, 0) is 4.79 Å². The third-order valence-corrected chi connectivity index (χ3v) is 2.66. The first-order valence-corrected chi connectivity index (χ1v) is 5.88. The lowest BCUT2D eigenvalue weighted by Crippen LogP contribution is -2.09. The number of alkyl halides is 1. The summed E-state index contributed by atoms with van der Waals surface area (Å²) in [5.41, 5.74) is 2.09. The molecule has 17 heavy (non-hydrogen) atoms. The smallest absolute Gasteiger partial charge is 0.308 e. The summed E-state index contributed by atoms with van der Waals surface area (Å²) in [7, 11) is 0. The topological polar surface area (TPSA) is 43.4 Å². The molecule has 0 saturated carbocycles. The minimum Gasteiger partial charge on any atom is -0.426 e. The lowest BCUT2D eigenvalue weighted by atomic mass is 9.99. The van der Waals surface area contributed by atoms with E-state index in [1.165, 1.54) is 6.92 Å². The van der Waals surface area contributed by atoms with Gasteiger partial charge in [-0.05, 0) is 19.4 Å². The highest BCUT2D eigenvalue weighted by molar-refractivity contribution is 6.19. The van der Waals surface area contributed by atoms with Crippen LogP contribution in [0.2, 0.25) is 0 Å². The van der Waals surface area contributed by atoms with Gasteiger partial charge in [0.1, 0.15) is 5.75 Å². The Kier molecular flexibility index (Phi) is 4.70. The Morgan fingerprint density at radius 2 is 1.94 bits per heavy atom. The molecule has 1 rings (SSSR count). The van der Waals surface area contributed by atoms with Crippen molar-refractivity contribution in [3.8, 4) is 5.75 Å². The number of hydrogen-bond acceptors (Lipinski definition) is 3. The van der Waals surface area contributed by atoms with Crippen LogP contribution in [-0.4, -0.2) is 17.6 Å². The maximum atomic E-state index is 11.8. The maximum Gasteiger partial charge on any atom is 0.308 e. The average Bonchev–Trinajstić information content (AvgIpc) is 2.24. The summed E-state index contributed by atoms with van der Waals surface area (Å²) in [4.78, 5) is 22.8. The Morgan fingerprint density at radius 1 is 1.29 bits per heavy atom. The molecular weight excluding hydrogens is 240 g/mol. The molecule has 0 aliphatic rings. The number of Topliss-reactive ketones (excluding diaryl/α,β-unsaturated/α-hetero) is 1. The van der Waals surface area contributed by atoms with Gasteiger partial charge in [-0.1, -0.05) is 12.1 Å². The van der Waals surface area contributed by atoms with Crippen LogP contribution < -0.4 is 4.74 Å². The second kappa shape index (κ2) is 5.82. The van der Waals surface area contributed by atoms with Gasteiger partial charge in [-0.25, -0.2) is 0 Å². The van der Waals surface area contributed by atoms with Gasteiger partial charge in [0, 0.05) is 30.4 Å². The number of ether oxygens (including phenoxy) is 1. The first-order chi connectivity index (χ1) is 7.97. The molecule has 0 spiro atoms.